The molecule has 1 aliphatic carbocycles. The number of nitrogens with two attached hydrogens (primary N) is 1. The van der Waals surface area contributed by atoms with Crippen LogP contribution in [0.2, 0.25) is 0 Å². The third-order valence-electron chi connectivity index (χ3n) is 4.88. The first-order chi connectivity index (χ1) is 8.72. The Morgan fingerprint density at radius 2 is 2.06 bits per heavy atom. The van der Waals surface area contributed by atoms with Crippen molar-refractivity contribution in [2.45, 2.75) is 44.6 Å². The summed E-state index contributed by atoms with van der Waals surface area (Å²) in [6.07, 6.45) is 5.67. The second-order valence-corrected chi connectivity index (χ2v) is 6.18. The minimum atomic E-state index is 0.643. The molecule has 0 radical (unpaired) electrons. The number of nitrogen functional groups attached to an aromatic ring is 1. The molecule has 3 rings (SSSR count). The number of likely N-dealkylation sites (tertiary alicyclic amines) is 1. The third kappa shape index (κ3) is 2.39. The predicted molar refractivity (Wildman–Crippen MR) is 76.6 cm³/mol. The van der Waals surface area contributed by atoms with E-state index in [-0.39, 0.29) is 0 Å². The van der Waals surface area contributed by atoms with Crippen LogP contribution < -0.4 is 5.73 Å². The number of nitrogens with zero attached hydrogens (tertiary/aromatic N) is 1. The summed E-state index contributed by atoms with van der Waals surface area (Å²) in [6, 6.07) is 9.30. The lowest BCUT2D eigenvalue weighted by Gasteiger charge is -2.27. The van der Waals surface area contributed by atoms with Gasteiger partial charge >= 0.3 is 0 Å². The van der Waals surface area contributed by atoms with Crippen molar-refractivity contribution in [3.63, 3.8) is 0 Å². The summed E-state index contributed by atoms with van der Waals surface area (Å²) >= 11 is 0. The fraction of sp³-hybridized carbons (Fsp3) is 0.625. The van der Waals surface area contributed by atoms with Gasteiger partial charge in [-0.2, -0.15) is 0 Å². The molecular formula is C16H24N2. The van der Waals surface area contributed by atoms with E-state index in [4.69, 9.17) is 5.73 Å². The van der Waals surface area contributed by atoms with Gasteiger partial charge in [0, 0.05) is 18.3 Å². The highest BCUT2D eigenvalue weighted by atomic mass is 15.2. The lowest BCUT2D eigenvalue weighted by Crippen LogP contribution is -2.33. The summed E-state index contributed by atoms with van der Waals surface area (Å²) in [4.78, 5) is 2.72. The van der Waals surface area contributed by atoms with E-state index in [9.17, 15) is 0 Å². The predicted octanol–water partition coefficient (Wildman–Crippen LogP) is 3.25. The molecule has 0 amide bonds. The molecule has 1 saturated carbocycles. The molecule has 2 heteroatoms. The van der Waals surface area contributed by atoms with E-state index in [1.807, 2.05) is 12.1 Å². The molecule has 0 aromatic heterocycles. The summed E-state index contributed by atoms with van der Waals surface area (Å²) in [5.74, 6) is 1.66. The highest BCUT2D eigenvalue weighted by molar-refractivity contribution is 5.40. The molecule has 1 saturated heterocycles. The first kappa shape index (κ1) is 12.0. The number of fused-ring (bicyclic) bond motifs is 2. The van der Waals surface area contributed by atoms with Gasteiger partial charge in [-0.25, -0.2) is 0 Å². The van der Waals surface area contributed by atoms with Crippen molar-refractivity contribution >= 4 is 5.69 Å². The molecular weight excluding hydrogens is 220 g/mol. The zero-order valence-corrected chi connectivity index (χ0v) is 11.3. The van der Waals surface area contributed by atoms with Crippen molar-refractivity contribution in [3.05, 3.63) is 29.8 Å². The lowest BCUT2D eigenvalue weighted by molar-refractivity contribution is 0.207. The van der Waals surface area contributed by atoms with Crippen LogP contribution in [0.1, 0.15) is 44.1 Å². The van der Waals surface area contributed by atoms with Gasteiger partial charge in [-0.1, -0.05) is 19.1 Å². The first-order valence-electron chi connectivity index (χ1n) is 7.32. The van der Waals surface area contributed by atoms with Gasteiger partial charge in [0.15, 0.2) is 0 Å². The molecule has 2 bridgehead atoms. The Bertz CT molecular complexity index is 398. The van der Waals surface area contributed by atoms with Crippen LogP contribution in [0.3, 0.4) is 0 Å². The maximum atomic E-state index is 5.73. The van der Waals surface area contributed by atoms with Crippen molar-refractivity contribution in [1.82, 2.24) is 4.90 Å². The van der Waals surface area contributed by atoms with E-state index in [1.165, 1.54) is 44.3 Å². The SMILES string of the molecule is CC(CCN1CC2CCC1C2)c1ccc(N)cc1. The molecule has 1 aliphatic heterocycles. The average Bonchev–Trinajstić information content (AvgIpc) is 2.99. The largest absolute Gasteiger partial charge is 0.399 e. The molecule has 2 nitrogen and oxygen atoms in total. The van der Waals surface area contributed by atoms with Crippen molar-refractivity contribution in [3.8, 4) is 0 Å². The Balaban J connectivity index is 1.52. The van der Waals surface area contributed by atoms with Gasteiger partial charge in [-0.15, -0.1) is 0 Å². The number of hydrogen-bond donors (Lipinski definition) is 1. The summed E-state index contributed by atoms with van der Waals surface area (Å²) in [5.41, 5.74) is 8.02. The van der Waals surface area contributed by atoms with E-state index in [0.717, 1.165) is 17.6 Å². The molecule has 2 aliphatic rings. The number of benzene rings is 1. The quantitative estimate of drug-likeness (QED) is 0.824. The average molecular weight is 244 g/mol. The second kappa shape index (κ2) is 4.93. The topological polar surface area (TPSA) is 29.3 Å². The van der Waals surface area contributed by atoms with Crippen LogP contribution in [0.15, 0.2) is 24.3 Å². The van der Waals surface area contributed by atoms with Gasteiger partial charge < -0.3 is 10.6 Å². The smallest absolute Gasteiger partial charge is 0.0314 e. The summed E-state index contributed by atoms with van der Waals surface area (Å²) < 4.78 is 0. The number of piperidine rings is 1. The molecule has 2 N–H and O–H groups in total. The zero-order valence-electron chi connectivity index (χ0n) is 11.3. The first-order valence-corrected chi connectivity index (χ1v) is 7.32. The van der Waals surface area contributed by atoms with Crippen LogP contribution in [0.5, 0.6) is 0 Å². The van der Waals surface area contributed by atoms with Crippen molar-refractivity contribution in [2.75, 3.05) is 18.8 Å². The van der Waals surface area contributed by atoms with Crippen LogP contribution in [-0.4, -0.2) is 24.0 Å². The Kier molecular flexibility index (Phi) is 3.29. The second-order valence-electron chi connectivity index (χ2n) is 6.18. The Labute approximate surface area is 110 Å². The van der Waals surface area contributed by atoms with Crippen LogP contribution in [-0.2, 0) is 0 Å². The Morgan fingerprint density at radius 1 is 1.28 bits per heavy atom. The number of rotatable bonds is 4. The molecule has 2 fully saturated rings. The van der Waals surface area contributed by atoms with E-state index < -0.39 is 0 Å². The van der Waals surface area contributed by atoms with Crippen LogP contribution in [0.25, 0.3) is 0 Å². The lowest BCUT2D eigenvalue weighted by atomic mass is 9.97. The van der Waals surface area contributed by atoms with E-state index >= 15 is 0 Å². The minimum absolute atomic E-state index is 0.643. The summed E-state index contributed by atoms with van der Waals surface area (Å²) in [6.45, 7) is 4.96. The summed E-state index contributed by atoms with van der Waals surface area (Å²) in [7, 11) is 0. The minimum Gasteiger partial charge on any atom is -0.399 e. The molecule has 1 aromatic carbocycles. The maximum absolute atomic E-state index is 5.73. The van der Waals surface area contributed by atoms with Gasteiger partial charge in [-0.3, -0.25) is 0 Å². The van der Waals surface area contributed by atoms with Crippen molar-refractivity contribution in [1.29, 1.82) is 0 Å². The molecule has 3 unspecified atom stereocenters. The Hall–Kier alpha value is -1.02. The fourth-order valence-electron chi connectivity index (χ4n) is 3.65. The third-order valence-corrected chi connectivity index (χ3v) is 4.88. The molecule has 0 spiro atoms. The van der Waals surface area contributed by atoms with Crippen molar-refractivity contribution in [2.24, 2.45) is 5.92 Å². The van der Waals surface area contributed by atoms with Gasteiger partial charge in [0.2, 0.25) is 0 Å². The van der Waals surface area contributed by atoms with Gasteiger partial charge in [0.05, 0.1) is 0 Å². The van der Waals surface area contributed by atoms with E-state index in [0.29, 0.717) is 5.92 Å². The molecule has 1 heterocycles. The van der Waals surface area contributed by atoms with Gasteiger partial charge in [0.25, 0.3) is 0 Å². The van der Waals surface area contributed by atoms with Gasteiger partial charge in [-0.05, 0) is 61.8 Å². The van der Waals surface area contributed by atoms with Crippen LogP contribution >= 0.6 is 0 Å². The van der Waals surface area contributed by atoms with Crippen molar-refractivity contribution < 1.29 is 0 Å². The molecule has 98 valence electrons. The Morgan fingerprint density at radius 3 is 2.67 bits per heavy atom. The number of anilines is 1. The van der Waals surface area contributed by atoms with E-state index in [2.05, 4.69) is 24.0 Å². The fourth-order valence-corrected chi connectivity index (χ4v) is 3.65. The zero-order chi connectivity index (χ0) is 12.5. The standard InChI is InChI=1S/C16H24N2/c1-12(14-3-5-15(17)6-4-14)8-9-18-11-13-2-7-16(18)10-13/h3-6,12-13,16H,2,7-11,17H2,1H3. The number of hydrogen-bond acceptors (Lipinski definition) is 2. The van der Waals surface area contributed by atoms with Crippen LogP contribution in [0, 0.1) is 5.92 Å². The maximum Gasteiger partial charge on any atom is 0.0314 e. The normalized spacial score (nSPS) is 28.7. The highest BCUT2D eigenvalue weighted by Crippen LogP contribution is 2.37. The van der Waals surface area contributed by atoms with Gasteiger partial charge in [0.1, 0.15) is 0 Å². The molecule has 1 aromatic rings. The highest BCUT2D eigenvalue weighted by Gasteiger charge is 2.37. The van der Waals surface area contributed by atoms with Crippen LogP contribution in [0.4, 0.5) is 5.69 Å². The van der Waals surface area contributed by atoms with E-state index in [1.54, 1.807) is 0 Å². The molecule has 3 atom stereocenters. The monoisotopic (exact) mass is 244 g/mol. The molecule has 18 heavy (non-hydrogen) atoms. The summed E-state index contributed by atoms with van der Waals surface area (Å²) in [5, 5.41) is 0.